The largest absolute Gasteiger partial charge is 0.507 e. The van der Waals surface area contributed by atoms with Gasteiger partial charge >= 0.3 is 5.97 Å². The minimum absolute atomic E-state index is 0.0333. The van der Waals surface area contributed by atoms with Crippen molar-refractivity contribution in [3.63, 3.8) is 0 Å². The topological polar surface area (TPSA) is 104 Å². The number of hydrogen-bond donors (Lipinski definition) is 3. The molecule has 1 aromatic carbocycles. The molecular formula is C10H11NO5S. The number of sulfonamides is 1. The Balaban J connectivity index is 3.20. The molecule has 17 heavy (non-hydrogen) atoms. The summed E-state index contributed by atoms with van der Waals surface area (Å²) < 4.78 is 25.5. The van der Waals surface area contributed by atoms with Crippen molar-refractivity contribution in [3.05, 3.63) is 36.4 Å². The Kier molecular flexibility index (Phi) is 3.87. The Morgan fingerprint density at radius 1 is 1.47 bits per heavy atom. The Morgan fingerprint density at radius 3 is 2.65 bits per heavy atom. The summed E-state index contributed by atoms with van der Waals surface area (Å²) in [6, 6.07) is 3.03. The first-order valence-electron chi connectivity index (χ1n) is 4.55. The van der Waals surface area contributed by atoms with Crippen LogP contribution in [0.3, 0.4) is 0 Å². The van der Waals surface area contributed by atoms with E-state index in [0.29, 0.717) is 0 Å². The molecule has 0 aliphatic carbocycles. The van der Waals surface area contributed by atoms with E-state index < -0.39 is 27.3 Å². The number of phenols is 1. The number of carbonyl (C=O) groups is 1. The summed E-state index contributed by atoms with van der Waals surface area (Å²) in [5, 5.41) is 18.0. The number of aromatic carboxylic acids is 1. The summed E-state index contributed by atoms with van der Waals surface area (Å²) in [6.07, 6.45) is 1.36. The first-order valence-corrected chi connectivity index (χ1v) is 6.03. The maximum absolute atomic E-state index is 11.6. The molecule has 1 rings (SSSR count). The van der Waals surface area contributed by atoms with E-state index >= 15 is 0 Å². The van der Waals surface area contributed by atoms with Crippen molar-refractivity contribution in [2.24, 2.45) is 0 Å². The van der Waals surface area contributed by atoms with Crippen LogP contribution in [0.4, 0.5) is 0 Å². The molecule has 0 atom stereocenters. The Labute approximate surface area is 98.3 Å². The van der Waals surface area contributed by atoms with Gasteiger partial charge in [0, 0.05) is 6.54 Å². The normalized spacial score (nSPS) is 11.1. The summed E-state index contributed by atoms with van der Waals surface area (Å²) in [4.78, 5) is 10.5. The monoisotopic (exact) mass is 257 g/mol. The van der Waals surface area contributed by atoms with E-state index in [9.17, 15) is 18.3 Å². The fraction of sp³-hybridized carbons (Fsp3) is 0.100. The highest BCUT2D eigenvalue weighted by Gasteiger charge is 2.17. The van der Waals surface area contributed by atoms with E-state index in [1.807, 2.05) is 0 Å². The van der Waals surface area contributed by atoms with Gasteiger partial charge < -0.3 is 10.2 Å². The maximum Gasteiger partial charge on any atom is 0.339 e. The molecule has 0 radical (unpaired) electrons. The van der Waals surface area contributed by atoms with Gasteiger partial charge in [-0.15, -0.1) is 6.58 Å². The second-order valence-electron chi connectivity index (χ2n) is 3.12. The standard InChI is InChI=1S/C10H11NO5S/c1-2-5-11-17(15,16)7-3-4-9(12)8(6-7)10(13)14/h2-4,6,11-12H,1,5H2,(H,13,14). The van der Waals surface area contributed by atoms with E-state index in [1.54, 1.807) is 0 Å². The minimum Gasteiger partial charge on any atom is -0.507 e. The van der Waals surface area contributed by atoms with Gasteiger partial charge in [-0.05, 0) is 18.2 Å². The third-order valence-electron chi connectivity index (χ3n) is 1.93. The first-order chi connectivity index (χ1) is 7.88. The maximum atomic E-state index is 11.6. The fourth-order valence-corrected chi connectivity index (χ4v) is 2.13. The van der Waals surface area contributed by atoms with Gasteiger partial charge in [-0.2, -0.15) is 0 Å². The van der Waals surface area contributed by atoms with Crippen LogP contribution in [-0.2, 0) is 10.0 Å². The number of hydrogen-bond acceptors (Lipinski definition) is 4. The van der Waals surface area contributed by atoms with Crippen LogP contribution in [0.5, 0.6) is 5.75 Å². The lowest BCUT2D eigenvalue weighted by molar-refractivity contribution is 0.0693. The molecule has 0 saturated heterocycles. The molecule has 0 aliphatic heterocycles. The van der Waals surface area contributed by atoms with Gasteiger partial charge in [-0.1, -0.05) is 6.08 Å². The molecule has 7 heteroatoms. The van der Waals surface area contributed by atoms with Crippen LogP contribution in [0, 0.1) is 0 Å². The Morgan fingerprint density at radius 2 is 2.12 bits per heavy atom. The zero-order valence-corrected chi connectivity index (χ0v) is 9.57. The molecule has 0 aromatic heterocycles. The molecule has 0 fully saturated rings. The number of carboxylic acids is 1. The molecule has 0 saturated carbocycles. The molecule has 0 aliphatic rings. The van der Waals surface area contributed by atoms with Gasteiger partial charge in [0.25, 0.3) is 0 Å². The molecule has 0 unspecified atom stereocenters. The van der Waals surface area contributed by atoms with Crippen molar-refractivity contribution in [2.45, 2.75) is 4.90 Å². The molecule has 6 nitrogen and oxygen atoms in total. The van der Waals surface area contributed by atoms with Crippen LogP contribution in [-0.4, -0.2) is 31.1 Å². The molecule has 0 bridgehead atoms. The number of rotatable bonds is 5. The number of benzene rings is 1. The first kappa shape index (κ1) is 13.2. The van der Waals surface area contributed by atoms with Crippen molar-refractivity contribution in [1.29, 1.82) is 0 Å². The van der Waals surface area contributed by atoms with Crippen LogP contribution in [0.25, 0.3) is 0 Å². The lowest BCUT2D eigenvalue weighted by atomic mass is 10.2. The molecular weight excluding hydrogens is 246 g/mol. The van der Waals surface area contributed by atoms with Crippen molar-refractivity contribution in [3.8, 4) is 5.75 Å². The minimum atomic E-state index is -3.79. The number of aromatic hydroxyl groups is 1. The Bertz CT molecular complexity index is 550. The quantitative estimate of drug-likeness (QED) is 0.668. The predicted octanol–water partition coefficient (Wildman–Crippen LogP) is 0.555. The highest BCUT2D eigenvalue weighted by molar-refractivity contribution is 7.89. The lowest BCUT2D eigenvalue weighted by Crippen LogP contribution is -2.23. The molecule has 92 valence electrons. The highest BCUT2D eigenvalue weighted by Crippen LogP contribution is 2.21. The number of nitrogens with one attached hydrogen (secondary N) is 1. The molecule has 3 N–H and O–H groups in total. The summed E-state index contributed by atoms with van der Waals surface area (Å²) in [7, 11) is -3.79. The fourth-order valence-electron chi connectivity index (χ4n) is 1.11. The molecule has 0 amide bonds. The summed E-state index contributed by atoms with van der Waals surface area (Å²) in [5.41, 5.74) is -0.466. The van der Waals surface area contributed by atoms with Crippen LogP contribution in [0.1, 0.15) is 10.4 Å². The van der Waals surface area contributed by atoms with Gasteiger partial charge in [-0.25, -0.2) is 17.9 Å². The average molecular weight is 257 g/mol. The second kappa shape index (κ2) is 4.98. The summed E-state index contributed by atoms with van der Waals surface area (Å²) in [6.45, 7) is 3.39. The molecule has 0 spiro atoms. The van der Waals surface area contributed by atoms with E-state index in [4.69, 9.17) is 5.11 Å². The average Bonchev–Trinajstić information content (AvgIpc) is 2.26. The van der Waals surface area contributed by atoms with Crippen molar-refractivity contribution < 1.29 is 23.4 Å². The van der Waals surface area contributed by atoms with Gasteiger partial charge in [0.2, 0.25) is 10.0 Å². The summed E-state index contributed by atoms with van der Waals surface area (Å²) >= 11 is 0. The van der Waals surface area contributed by atoms with E-state index in [1.165, 1.54) is 6.08 Å². The van der Waals surface area contributed by atoms with Crippen LogP contribution < -0.4 is 4.72 Å². The third kappa shape index (κ3) is 3.05. The molecule has 1 aromatic rings. The lowest BCUT2D eigenvalue weighted by Gasteiger charge is -2.06. The van der Waals surface area contributed by atoms with E-state index in [2.05, 4.69) is 11.3 Å². The van der Waals surface area contributed by atoms with Crippen molar-refractivity contribution in [1.82, 2.24) is 4.72 Å². The van der Waals surface area contributed by atoms with Gasteiger partial charge in [0.05, 0.1) is 4.90 Å². The summed E-state index contributed by atoms with van der Waals surface area (Å²) in [5.74, 6) is -1.89. The zero-order valence-electron chi connectivity index (χ0n) is 8.75. The van der Waals surface area contributed by atoms with Crippen molar-refractivity contribution >= 4 is 16.0 Å². The predicted molar refractivity (Wildman–Crippen MR) is 60.5 cm³/mol. The van der Waals surface area contributed by atoms with Gasteiger partial charge in [-0.3, -0.25) is 0 Å². The van der Waals surface area contributed by atoms with E-state index in [-0.39, 0.29) is 11.4 Å². The van der Waals surface area contributed by atoms with Crippen molar-refractivity contribution in [2.75, 3.05) is 6.54 Å². The third-order valence-corrected chi connectivity index (χ3v) is 3.35. The van der Waals surface area contributed by atoms with E-state index in [0.717, 1.165) is 18.2 Å². The number of carboxylic acid groups (broad SMARTS) is 1. The SMILES string of the molecule is C=CCNS(=O)(=O)c1ccc(O)c(C(=O)O)c1. The second-order valence-corrected chi connectivity index (χ2v) is 4.89. The van der Waals surface area contributed by atoms with Crippen LogP contribution >= 0.6 is 0 Å². The van der Waals surface area contributed by atoms with Crippen LogP contribution in [0.15, 0.2) is 35.7 Å². The smallest absolute Gasteiger partial charge is 0.339 e. The Hall–Kier alpha value is -1.86. The van der Waals surface area contributed by atoms with Gasteiger partial charge in [0.1, 0.15) is 11.3 Å². The zero-order chi connectivity index (χ0) is 13.1. The highest BCUT2D eigenvalue weighted by atomic mass is 32.2. The molecule has 0 heterocycles. The van der Waals surface area contributed by atoms with Gasteiger partial charge in [0.15, 0.2) is 0 Å². The van der Waals surface area contributed by atoms with Crippen LogP contribution in [0.2, 0.25) is 0 Å².